The van der Waals surface area contributed by atoms with Gasteiger partial charge in [-0.25, -0.2) is 4.98 Å². The van der Waals surface area contributed by atoms with E-state index in [4.69, 9.17) is 23.2 Å². The fourth-order valence-electron chi connectivity index (χ4n) is 1.77. The van der Waals surface area contributed by atoms with Crippen molar-refractivity contribution in [3.63, 3.8) is 0 Å². The maximum atomic E-state index is 6.03. The standard InChI is InChI=1S/C13H7Cl2IN2/c14-9-4-3-8(6-10(9)15)12-7-18-5-1-2-11(16)13(18)17-12/h1-7H. The Morgan fingerprint density at radius 1 is 1.11 bits per heavy atom. The summed E-state index contributed by atoms with van der Waals surface area (Å²) in [5, 5.41) is 1.10. The van der Waals surface area contributed by atoms with Crippen molar-refractivity contribution < 1.29 is 0 Å². The number of fused-ring (bicyclic) bond motifs is 1. The van der Waals surface area contributed by atoms with Crippen LogP contribution < -0.4 is 0 Å². The van der Waals surface area contributed by atoms with E-state index in [1.165, 1.54) is 0 Å². The number of nitrogens with zero attached hydrogens (tertiary/aromatic N) is 2. The van der Waals surface area contributed by atoms with Gasteiger partial charge >= 0.3 is 0 Å². The average Bonchev–Trinajstić information content (AvgIpc) is 2.78. The first-order valence-electron chi connectivity index (χ1n) is 5.24. The van der Waals surface area contributed by atoms with E-state index in [0.717, 1.165) is 20.5 Å². The van der Waals surface area contributed by atoms with Crippen molar-refractivity contribution in [2.45, 2.75) is 0 Å². The highest BCUT2D eigenvalue weighted by Crippen LogP contribution is 2.28. The minimum absolute atomic E-state index is 0.543. The Bertz CT molecular complexity index is 737. The number of hydrogen-bond acceptors (Lipinski definition) is 1. The molecule has 0 saturated carbocycles. The summed E-state index contributed by atoms with van der Waals surface area (Å²) >= 11 is 14.2. The predicted octanol–water partition coefficient (Wildman–Crippen LogP) is 4.91. The van der Waals surface area contributed by atoms with Gasteiger partial charge in [0.05, 0.1) is 19.3 Å². The second kappa shape index (κ2) is 4.72. The highest BCUT2D eigenvalue weighted by molar-refractivity contribution is 14.1. The molecule has 18 heavy (non-hydrogen) atoms. The highest BCUT2D eigenvalue weighted by Gasteiger charge is 2.08. The normalized spacial score (nSPS) is 11.1. The second-order valence-corrected chi connectivity index (χ2v) is 5.82. The van der Waals surface area contributed by atoms with Gasteiger partial charge in [-0.3, -0.25) is 0 Å². The molecule has 5 heteroatoms. The molecule has 2 aromatic heterocycles. The Labute approximate surface area is 128 Å². The van der Waals surface area contributed by atoms with E-state index in [1.54, 1.807) is 6.07 Å². The fraction of sp³-hybridized carbons (Fsp3) is 0. The highest BCUT2D eigenvalue weighted by atomic mass is 127. The van der Waals surface area contributed by atoms with E-state index in [1.807, 2.05) is 41.1 Å². The first-order valence-corrected chi connectivity index (χ1v) is 7.07. The molecule has 90 valence electrons. The van der Waals surface area contributed by atoms with Crippen LogP contribution in [0, 0.1) is 3.57 Å². The Kier molecular flexibility index (Phi) is 3.21. The number of benzene rings is 1. The van der Waals surface area contributed by atoms with Crippen LogP contribution in [0.4, 0.5) is 0 Å². The van der Waals surface area contributed by atoms with Crippen LogP contribution in [0.15, 0.2) is 42.7 Å². The average molecular weight is 389 g/mol. The Morgan fingerprint density at radius 3 is 2.67 bits per heavy atom. The molecular formula is C13H7Cl2IN2. The smallest absolute Gasteiger partial charge is 0.150 e. The Balaban J connectivity index is 2.19. The molecule has 3 aromatic rings. The zero-order valence-corrected chi connectivity index (χ0v) is 12.7. The maximum Gasteiger partial charge on any atom is 0.150 e. The Morgan fingerprint density at radius 2 is 1.94 bits per heavy atom. The van der Waals surface area contributed by atoms with Crippen LogP contribution >= 0.6 is 45.8 Å². The van der Waals surface area contributed by atoms with Crippen molar-refractivity contribution >= 4 is 51.4 Å². The van der Waals surface area contributed by atoms with E-state index >= 15 is 0 Å². The molecule has 2 heterocycles. The van der Waals surface area contributed by atoms with E-state index in [9.17, 15) is 0 Å². The lowest BCUT2D eigenvalue weighted by molar-refractivity contribution is 1.18. The summed E-state index contributed by atoms with van der Waals surface area (Å²) in [4.78, 5) is 4.61. The zero-order chi connectivity index (χ0) is 12.7. The van der Waals surface area contributed by atoms with Crippen molar-refractivity contribution in [3.05, 3.63) is 56.3 Å². The molecule has 3 rings (SSSR count). The van der Waals surface area contributed by atoms with Crippen molar-refractivity contribution in [2.75, 3.05) is 0 Å². The molecule has 0 saturated heterocycles. The molecule has 0 aliphatic carbocycles. The first-order chi connectivity index (χ1) is 8.65. The lowest BCUT2D eigenvalue weighted by Gasteiger charge is -1.98. The number of aromatic nitrogens is 2. The number of halogens is 3. The fourth-order valence-corrected chi connectivity index (χ4v) is 2.68. The molecule has 0 aliphatic heterocycles. The summed E-state index contributed by atoms with van der Waals surface area (Å²) in [6.45, 7) is 0. The van der Waals surface area contributed by atoms with Gasteiger partial charge in [-0.2, -0.15) is 0 Å². The first kappa shape index (κ1) is 12.3. The molecule has 0 amide bonds. The minimum atomic E-state index is 0.543. The number of hydrogen-bond donors (Lipinski definition) is 0. The van der Waals surface area contributed by atoms with Crippen molar-refractivity contribution in [1.82, 2.24) is 9.38 Å². The predicted molar refractivity (Wildman–Crippen MR) is 83.4 cm³/mol. The number of imidazole rings is 1. The molecule has 0 spiro atoms. The van der Waals surface area contributed by atoms with Crippen LogP contribution in [0.3, 0.4) is 0 Å². The maximum absolute atomic E-state index is 6.03. The van der Waals surface area contributed by atoms with Crippen LogP contribution in [0.2, 0.25) is 10.0 Å². The summed E-state index contributed by atoms with van der Waals surface area (Å²) in [7, 11) is 0. The molecule has 0 bridgehead atoms. The second-order valence-electron chi connectivity index (χ2n) is 3.84. The SMILES string of the molecule is Clc1ccc(-c2cn3cccc(I)c3n2)cc1Cl. The third-order valence-electron chi connectivity index (χ3n) is 2.65. The van der Waals surface area contributed by atoms with Gasteiger partial charge in [-0.15, -0.1) is 0 Å². The van der Waals surface area contributed by atoms with E-state index < -0.39 is 0 Å². The van der Waals surface area contributed by atoms with E-state index in [0.29, 0.717) is 10.0 Å². The van der Waals surface area contributed by atoms with Gasteiger partial charge in [0.25, 0.3) is 0 Å². The van der Waals surface area contributed by atoms with Gasteiger partial charge in [-0.1, -0.05) is 29.3 Å². The van der Waals surface area contributed by atoms with Gasteiger partial charge in [0.1, 0.15) is 0 Å². The summed E-state index contributed by atoms with van der Waals surface area (Å²) < 4.78 is 3.11. The van der Waals surface area contributed by atoms with Crippen LogP contribution in [0.25, 0.3) is 16.9 Å². The number of pyridine rings is 1. The molecule has 0 radical (unpaired) electrons. The molecule has 0 fully saturated rings. The van der Waals surface area contributed by atoms with Gasteiger partial charge in [0, 0.05) is 18.0 Å². The molecule has 0 N–H and O–H groups in total. The molecule has 1 aromatic carbocycles. The largest absolute Gasteiger partial charge is 0.306 e. The lowest BCUT2D eigenvalue weighted by atomic mass is 10.2. The third-order valence-corrected chi connectivity index (χ3v) is 4.23. The van der Waals surface area contributed by atoms with Crippen LogP contribution in [-0.4, -0.2) is 9.38 Å². The summed E-state index contributed by atoms with van der Waals surface area (Å²) in [5.41, 5.74) is 2.79. The summed E-state index contributed by atoms with van der Waals surface area (Å²) in [6, 6.07) is 9.56. The zero-order valence-electron chi connectivity index (χ0n) is 9.07. The van der Waals surface area contributed by atoms with Gasteiger partial charge in [0.2, 0.25) is 0 Å². The third kappa shape index (κ3) is 2.11. The van der Waals surface area contributed by atoms with Gasteiger partial charge < -0.3 is 4.40 Å². The van der Waals surface area contributed by atoms with E-state index in [-0.39, 0.29) is 0 Å². The summed E-state index contributed by atoms with van der Waals surface area (Å²) in [6.07, 6.45) is 3.96. The van der Waals surface area contributed by atoms with E-state index in [2.05, 4.69) is 27.6 Å². The topological polar surface area (TPSA) is 17.3 Å². The molecule has 0 unspecified atom stereocenters. The van der Waals surface area contributed by atoms with Gasteiger partial charge in [-0.05, 0) is 46.9 Å². The van der Waals surface area contributed by atoms with Crippen LogP contribution in [0.1, 0.15) is 0 Å². The Hall–Kier alpha value is -0.780. The van der Waals surface area contributed by atoms with Gasteiger partial charge in [0.15, 0.2) is 5.65 Å². The summed E-state index contributed by atoms with van der Waals surface area (Å²) in [5.74, 6) is 0. The van der Waals surface area contributed by atoms with Crippen molar-refractivity contribution in [1.29, 1.82) is 0 Å². The minimum Gasteiger partial charge on any atom is -0.306 e. The lowest BCUT2D eigenvalue weighted by Crippen LogP contribution is -1.83. The monoisotopic (exact) mass is 388 g/mol. The van der Waals surface area contributed by atoms with Crippen molar-refractivity contribution in [2.24, 2.45) is 0 Å². The molecule has 0 aliphatic rings. The quantitative estimate of drug-likeness (QED) is 0.541. The molecular weight excluding hydrogens is 382 g/mol. The number of rotatable bonds is 1. The van der Waals surface area contributed by atoms with Crippen LogP contribution in [-0.2, 0) is 0 Å². The molecule has 2 nitrogen and oxygen atoms in total. The molecule has 0 atom stereocenters. The van der Waals surface area contributed by atoms with Crippen molar-refractivity contribution in [3.8, 4) is 11.3 Å². The van der Waals surface area contributed by atoms with Crippen LogP contribution in [0.5, 0.6) is 0 Å².